The van der Waals surface area contributed by atoms with E-state index in [1.807, 2.05) is 0 Å². The van der Waals surface area contributed by atoms with Gasteiger partial charge in [0, 0.05) is 30.7 Å². The predicted molar refractivity (Wildman–Crippen MR) is 84.0 cm³/mol. The zero-order chi connectivity index (χ0) is 16.4. The Balaban J connectivity index is 2.15. The average molecular weight is 310 g/mol. The van der Waals surface area contributed by atoms with Gasteiger partial charge < -0.3 is 15.4 Å². The summed E-state index contributed by atoms with van der Waals surface area (Å²) in [6.45, 7) is 0.271. The summed E-state index contributed by atoms with van der Waals surface area (Å²) in [6.07, 6.45) is 4.78. The third-order valence-corrected chi connectivity index (χ3v) is 3.43. The fourth-order valence-electron chi connectivity index (χ4n) is 2.31. The van der Waals surface area contributed by atoms with Crippen molar-refractivity contribution in [3.05, 3.63) is 76.7 Å². The minimum atomic E-state index is -1.09. The number of aromatic nitrogens is 3. The lowest BCUT2D eigenvalue weighted by atomic mass is 10.1. The minimum absolute atomic E-state index is 0.0687. The van der Waals surface area contributed by atoms with E-state index in [2.05, 4.69) is 4.98 Å². The molecule has 3 rings (SSSR count). The summed E-state index contributed by atoms with van der Waals surface area (Å²) in [6, 6.07) is 9.54. The third-order valence-electron chi connectivity index (χ3n) is 3.43. The van der Waals surface area contributed by atoms with Crippen LogP contribution in [0.4, 0.5) is 0 Å². The first-order chi connectivity index (χ1) is 11.1. The Hall–Kier alpha value is -3.19. The zero-order valence-corrected chi connectivity index (χ0v) is 12.1. The minimum Gasteiger partial charge on any atom is -0.478 e. The summed E-state index contributed by atoms with van der Waals surface area (Å²) in [7, 11) is 0. The van der Waals surface area contributed by atoms with Gasteiger partial charge >= 0.3 is 5.97 Å². The SMILES string of the molecule is NCc1cn(-c2ccc(-n3ccccc3=O)cc2C(=O)O)cn1. The second kappa shape index (κ2) is 5.90. The molecule has 1 aromatic carbocycles. The number of benzene rings is 1. The van der Waals surface area contributed by atoms with Crippen molar-refractivity contribution in [2.75, 3.05) is 0 Å². The molecule has 23 heavy (non-hydrogen) atoms. The monoisotopic (exact) mass is 310 g/mol. The molecular formula is C16H14N4O3. The Bertz CT molecular complexity index is 927. The molecule has 0 amide bonds. The predicted octanol–water partition coefficient (Wildman–Crippen LogP) is 1.18. The molecule has 0 atom stereocenters. The Morgan fingerprint density at radius 3 is 2.74 bits per heavy atom. The van der Waals surface area contributed by atoms with Gasteiger partial charge in [0.25, 0.3) is 5.56 Å². The first-order valence-electron chi connectivity index (χ1n) is 6.89. The molecule has 7 heteroatoms. The van der Waals surface area contributed by atoms with Crippen LogP contribution in [0, 0.1) is 0 Å². The van der Waals surface area contributed by atoms with Crippen LogP contribution < -0.4 is 11.3 Å². The number of nitrogens with two attached hydrogens (primary N) is 1. The summed E-state index contributed by atoms with van der Waals surface area (Å²) in [4.78, 5) is 27.6. The maximum Gasteiger partial charge on any atom is 0.337 e. The number of hydrogen-bond acceptors (Lipinski definition) is 4. The highest BCUT2D eigenvalue weighted by atomic mass is 16.4. The molecule has 116 valence electrons. The van der Waals surface area contributed by atoms with Gasteiger partial charge in [0.05, 0.1) is 23.3 Å². The Morgan fingerprint density at radius 2 is 2.09 bits per heavy atom. The van der Waals surface area contributed by atoms with Crippen molar-refractivity contribution in [2.24, 2.45) is 5.73 Å². The lowest BCUT2D eigenvalue weighted by molar-refractivity contribution is 0.0697. The van der Waals surface area contributed by atoms with E-state index < -0.39 is 5.97 Å². The summed E-state index contributed by atoms with van der Waals surface area (Å²) in [5, 5.41) is 9.49. The van der Waals surface area contributed by atoms with Gasteiger partial charge in [-0.2, -0.15) is 0 Å². The van der Waals surface area contributed by atoms with E-state index in [-0.39, 0.29) is 17.7 Å². The summed E-state index contributed by atoms with van der Waals surface area (Å²) in [5.41, 5.74) is 6.96. The molecule has 0 radical (unpaired) electrons. The Morgan fingerprint density at radius 1 is 1.26 bits per heavy atom. The first kappa shape index (κ1) is 14.7. The number of imidazole rings is 1. The highest BCUT2D eigenvalue weighted by Gasteiger charge is 2.14. The van der Waals surface area contributed by atoms with Crippen LogP contribution in [0.5, 0.6) is 0 Å². The number of hydrogen-bond donors (Lipinski definition) is 2. The molecule has 0 aliphatic rings. The van der Waals surface area contributed by atoms with Gasteiger partial charge in [-0.15, -0.1) is 0 Å². The maximum atomic E-state index is 11.9. The van der Waals surface area contributed by atoms with Crippen molar-refractivity contribution in [3.8, 4) is 11.4 Å². The molecule has 0 fully saturated rings. The summed E-state index contributed by atoms with van der Waals surface area (Å²) < 4.78 is 2.98. The fraction of sp³-hybridized carbons (Fsp3) is 0.0625. The zero-order valence-electron chi connectivity index (χ0n) is 12.1. The van der Waals surface area contributed by atoms with Crippen molar-refractivity contribution < 1.29 is 9.90 Å². The van der Waals surface area contributed by atoms with Crippen LogP contribution in [0.2, 0.25) is 0 Å². The molecule has 3 N–H and O–H groups in total. The van der Waals surface area contributed by atoms with Crippen LogP contribution in [0.1, 0.15) is 16.1 Å². The number of carboxylic acid groups (broad SMARTS) is 1. The topological polar surface area (TPSA) is 103 Å². The fourth-order valence-corrected chi connectivity index (χ4v) is 2.31. The normalized spacial score (nSPS) is 10.7. The van der Waals surface area contributed by atoms with Crippen molar-refractivity contribution in [1.82, 2.24) is 14.1 Å². The van der Waals surface area contributed by atoms with Gasteiger partial charge in [-0.3, -0.25) is 9.36 Å². The van der Waals surface area contributed by atoms with Gasteiger partial charge in [0.2, 0.25) is 0 Å². The molecule has 0 spiro atoms. The number of rotatable bonds is 4. The number of pyridine rings is 1. The molecule has 0 unspecified atom stereocenters. The number of carbonyl (C=O) groups is 1. The second-order valence-electron chi connectivity index (χ2n) is 4.89. The van der Waals surface area contributed by atoms with E-state index in [0.29, 0.717) is 17.1 Å². The standard InChI is InChI=1S/C16H14N4O3/c17-8-11-9-19(10-18-11)14-5-4-12(7-13(14)16(22)23)20-6-2-1-3-15(20)21/h1-7,9-10H,8,17H2,(H,22,23). The van der Waals surface area contributed by atoms with Gasteiger partial charge in [-0.05, 0) is 24.3 Å². The van der Waals surface area contributed by atoms with E-state index in [0.717, 1.165) is 0 Å². The van der Waals surface area contributed by atoms with E-state index in [9.17, 15) is 14.7 Å². The lowest BCUT2D eigenvalue weighted by Crippen LogP contribution is -2.16. The number of nitrogens with zero attached hydrogens (tertiary/aromatic N) is 3. The molecule has 0 saturated heterocycles. The van der Waals surface area contributed by atoms with E-state index in [1.165, 1.54) is 23.0 Å². The van der Waals surface area contributed by atoms with Gasteiger partial charge in [0.15, 0.2) is 0 Å². The molecule has 0 bridgehead atoms. The first-order valence-corrected chi connectivity index (χ1v) is 6.89. The summed E-state index contributed by atoms with van der Waals surface area (Å²) in [5.74, 6) is -1.09. The van der Waals surface area contributed by atoms with Crippen molar-refractivity contribution in [2.45, 2.75) is 6.54 Å². The number of carboxylic acids is 1. The molecule has 2 aromatic heterocycles. The van der Waals surface area contributed by atoms with E-state index in [4.69, 9.17) is 5.73 Å². The van der Waals surface area contributed by atoms with E-state index >= 15 is 0 Å². The van der Waals surface area contributed by atoms with Crippen LogP contribution in [0.3, 0.4) is 0 Å². The van der Waals surface area contributed by atoms with Gasteiger partial charge in [-0.25, -0.2) is 9.78 Å². The molecule has 0 aliphatic carbocycles. The molecule has 3 aromatic rings. The van der Waals surface area contributed by atoms with Crippen LogP contribution >= 0.6 is 0 Å². The smallest absolute Gasteiger partial charge is 0.337 e. The second-order valence-corrected chi connectivity index (χ2v) is 4.89. The molecular weight excluding hydrogens is 296 g/mol. The maximum absolute atomic E-state index is 11.9. The Kier molecular flexibility index (Phi) is 3.78. The van der Waals surface area contributed by atoms with Crippen LogP contribution in [-0.2, 0) is 6.54 Å². The van der Waals surface area contributed by atoms with Crippen molar-refractivity contribution in [3.63, 3.8) is 0 Å². The highest BCUT2D eigenvalue weighted by molar-refractivity contribution is 5.92. The molecule has 2 heterocycles. The number of aromatic carboxylic acids is 1. The average Bonchev–Trinajstić information content (AvgIpc) is 3.03. The molecule has 0 aliphatic heterocycles. The van der Waals surface area contributed by atoms with Crippen LogP contribution in [0.15, 0.2) is 59.9 Å². The van der Waals surface area contributed by atoms with Gasteiger partial charge in [0.1, 0.15) is 0 Å². The van der Waals surface area contributed by atoms with Crippen LogP contribution in [0.25, 0.3) is 11.4 Å². The van der Waals surface area contributed by atoms with Gasteiger partial charge in [-0.1, -0.05) is 6.07 Å². The molecule has 0 saturated carbocycles. The van der Waals surface area contributed by atoms with Crippen LogP contribution in [-0.4, -0.2) is 25.2 Å². The molecule has 7 nitrogen and oxygen atoms in total. The summed E-state index contributed by atoms with van der Waals surface area (Å²) >= 11 is 0. The lowest BCUT2D eigenvalue weighted by Gasteiger charge is -2.11. The van der Waals surface area contributed by atoms with E-state index in [1.54, 1.807) is 41.2 Å². The van der Waals surface area contributed by atoms with Crippen molar-refractivity contribution >= 4 is 5.97 Å². The highest BCUT2D eigenvalue weighted by Crippen LogP contribution is 2.19. The van der Waals surface area contributed by atoms with Crippen molar-refractivity contribution in [1.29, 1.82) is 0 Å². The third kappa shape index (κ3) is 2.77. The largest absolute Gasteiger partial charge is 0.478 e. The Labute approximate surface area is 131 Å². The quantitative estimate of drug-likeness (QED) is 0.753.